The Bertz CT molecular complexity index is 1200. The van der Waals surface area contributed by atoms with E-state index in [0.29, 0.717) is 22.8 Å². The summed E-state index contributed by atoms with van der Waals surface area (Å²) < 4.78 is 4.89. The van der Waals surface area contributed by atoms with E-state index >= 15 is 0 Å². The van der Waals surface area contributed by atoms with Crippen molar-refractivity contribution in [3.63, 3.8) is 0 Å². The topological polar surface area (TPSA) is 135 Å². The average Bonchev–Trinajstić information content (AvgIpc) is 3.39. The van der Waals surface area contributed by atoms with Gasteiger partial charge in [0.1, 0.15) is 0 Å². The molecule has 0 radical (unpaired) electrons. The molecule has 31 heavy (non-hydrogen) atoms. The molecule has 3 aromatic rings. The number of H-pyrrole nitrogens is 2. The number of aromatic amines is 2. The van der Waals surface area contributed by atoms with Crippen LogP contribution in [0.15, 0.2) is 34.3 Å². The Morgan fingerprint density at radius 3 is 2.10 bits per heavy atom. The average molecular weight is 481 g/mol. The van der Waals surface area contributed by atoms with Gasteiger partial charge >= 0.3 is 51.4 Å². The van der Waals surface area contributed by atoms with E-state index in [2.05, 4.69) is 43.4 Å². The third-order valence-corrected chi connectivity index (χ3v) is 4.67. The van der Waals surface area contributed by atoms with E-state index in [1.165, 1.54) is 5.56 Å². The molecule has 0 unspecified atom stereocenters. The Labute approximate surface area is 232 Å². The van der Waals surface area contributed by atoms with Gasteiger partial charge in [-0.3, -0.25) is 14.8 Å². The van der Waals surface area contributed by atoms with Gasteiger partial charge in [0.2, 0.25) is 0 Å². The van der Waals surface area contributed by atoms with Crippen molar-refractivity contribution in [2.45, 2.75) is 19.8 Å². The summed E-state index contributed by atoms with van der Waals surface area (Å²) in [4.78, 5) is 24.2. The number of nitrogens with one attached hydrogen (secondary N) is 2. The second-order valence-electron chi connectivity index (χ2n) is 6.43. The number of benzene rings is 2. The molecule has 3 heterocycles. The molecule has 0 saturated carbocycles. The van der Waals surface area contributed by atoms with E-state index in [-0.39, 0.29) is 51.4 Å². The summed E-state index contributed by atoms with van der Waals surface area (Å²) >= 11 is 9.02. The molecule has 2 aliphatic rings. The van der Waals surface area contributed by atoms with E-state index < -0.39 is 5.30 Å². The molecule has 8 nitrogen and oxygen atoms in total. The fraction of sp³-hybridized carbons (Fsp3) is 0.200. The predicted molar refractivity (Wildman–Crippen MR) is 127 cm³/mol. The van der Waals surface area contributed by atoms with Crippen LogP contribution in [-0.4, -0.2) is 34.3 Å². The number of carbonyl (C=O) groups excluding carboxylic acids is 1. The molecule has 0 aliphatic carbocycles. The molecule has 1 aromatic heterocycles. The van der Waals surface area contributed by atoms with E-state index in [1.807, 2.05) is 30.6 Å². The first-order valence-electron chi connectivity index (χ1n) is 9.19. The first-order chi connectivity index (χ1) is 14.4. The molecule has 5 rings (SSSR count). The minimum atomic E-state index is -0.627. The van der Waals surface area contributed by atoms with Crippen molar-refractivity contribution in [2.24, 2.45) is 9.98 Å². The molecule has 2 aliphatic heterocycles. The molecule has 2 aromatic carbocycles. The number of aromatic nitrogens is 2. The number of fused-ring (bicyclic) bond motifs is 3. The SMILES string of the molecule is CCOC(=O)[S-].Nc1cc2c(cc1N)N=CC2.S=c1[nH]c2cc3c(cc2[nH]1)N=CC3.[K+]. The maximum atomic E-state index is 9.64. The van der Waals surface area contributed by atoms with Crippen molar-refractivity contribution in [3.05, 3.63) is 40.2 Å². The molecular weight excluding hydrogens is 459 g/mol. The third-order valence-electron chi connectivity index (χ3n) is 4.34. The van der Waals surface area contributed by atoms with Crippen LogP contribution in [0.1, 0.15) is 18.1 Å². The van der Waals surface area contributed by atoms with Crippen LogP contribution < -0.4 is 62.9 Å². The largest absolute Gasteiger partial charge is 1.00 e. The Morgan fingerprint density at radius 1 is 1.03 bits per heavy atom. The molecule has 6 N–H and O–H groups in total. The molecule has 156 valence electrons. The fourth-order valence-electron chi connectivity index (χ4n) is 2.95. The second kappa shape index (κ2) is 11.9. The van der Waals surface area contributed by atoms with Gasteiger partial charge in [0.15, 0.2) is 10.1 Å². The zero-order valence-electron chi connectivity index (χ0n) is 17.3. The van der Waals surface area contributed by atoms with Gasteiger partial charge in [0.25, 0.3) is 0 Å². The smallest absolute Gasteiger partial charge is 0.698 e. The minimum Gasteiger partial charge on any atom is -0.698 e. The summed E-state index contributed by atoms with van der Waals surface area (Å²) in [5.41, 5.74) is 19.0. The second-order valence-corrected chi connectivity index (χ2v) is 7.17. The maximum absolute atomic E-state index is 9.64. The first kappa shape index (κ1) is 25.7. The van der Waals surface area contributed by atoms with Gasteiger partial charge in [-0.15, -0.1) is 0 Å². The molecule has 0 bridgehead atoms. The van der Waals surface area contributed by atoms with Crippen molar-refractivity contribution in [3.8, 4) is 0 Å². The van der Waals surface area contributed by atoms with Crippen LogP contribution in [0.3, 0.4) is 0 Å². The van der Waals surface area contributed by atoms with Crippen LogP contribution in [0, 0.1) is 4.77 Å². The van der Waals surface area contributed by atoms with Gasteiger partial charge in [-0.2, -0.15) is 0 Å². The zero-order valence-corrected chi connectivity index (χ0v) is 22.0. The van der Waals surface area contributed by atoms with Gasteiger partial charge in [-0.1, -0.05) is 0 Å². The van der Waals surface area contributed by atoms with Crippen molar-refractivity contribution < 1.29 is 60.9 Å². The number of hydrogen-bond donors (Lipinski definition) is 4. The minimum absolute atomic E-state index is 0. The molecule has 11 heteroatoms. The normalized spacial score (nSPS) is 12.0. The van der Waals surface area contributed by atoms with Crippen LogP contribution in [0.2, 0.25) is 0 Å². The Hall–Kier alpha value is -1.60. The van der Waals surface area contributed by atoms with Gasteiger partial charge < -0.3 is 38.8 Å². The van der Waals surface area contributed by atoms with Crippen LogP contribution in [-0.2, 0) is 30.2 Å². The van der Waals surface area contributed by atoms with E-state index in [0.717, 1.165) is 40.8 Å². The number of imidazole rings is 1. The zero-order chi connectivity index (χ0) is 21.7. The van der Waals surface area contributed by atoms with Gasteiger partial charge in [-0.05, 0) is 54.5 Å². The fourth-order valence-corrected chi connectivity index (χ4v) is 3.29. The van der Waals surface area contributed by atoms with Crippen LogP contribution in [0.25, 0.3) is 11.0 Å². The van der Waals surface area contributed by atoms with Crippen molar-refractivity contribution in [1.29, 1.82) is 0 Å². The quantitative estimate of drug-likeness (QED) is 0.136. The van der Waals surface area contributed by atoms with Crippen molar-refractivity contribution in [1.82, 2.24) is 9.97 Å². The number of ether oxygens (including phenoxy) is 1. The Kier molecular flexibility index (Phi) is 9.81. The van der Waals surface area contributed by atoms with E-state index in [4.69, 9.17) is 23.7 Å². The number of anilines is 2. The summed E-state index contributed by atoms with van der Waals surface area (Å²) in [6.45, 7) is 2.09. The third kappa shape index (κ3) is 6.94. The number of rotatable bonds is 1. The Morgan fingerprint density at radius 2 is 1.55 bits per heavy atom. The number of nitrogens with zero attached hydrogens (tertiary/aromatic N) is 2. The first-order valence-corrected chi connectivity index (χ1v) is 10.0. The predicted octanol–water partition coefficient (Wildman–Crippen LogP) is 1.29. The number of nitrogen functional groups attached to an aromatic ring is 2. The van der Waals surface area contributed by atoms with Crippen LogP contribution in [0.4, 0.5) is 27.5 Å². The van der Waals surface area contributed by atoms with Crippen LogP contribution >= 0.6 is 12.2 Å². The van der Waals surface area contributed by atoms with E-state index in [9.17, 15) is 4.79 Å². The van der Waals surface area contributed by atoms with E-state index in [1.54, 1.807) is 6.92 Å². The molecule has 0 spiro atoms. The molecule has 0 fully saturated rings. The number of hydrogen-bond acceptors (Lipinski definition) is 8. The van der Waals surface area contributed by atoms with Crippen LogP contribution in [0.5, 0.6) is 0 Å². The standard InChI is InChI=1S/C9H7N3S.C8H9N3.C3H6O2S.K/c13-9-11-7-3-5-1-2-10-6(5)4-8(7)12-9;9-6-3-5-1-2-11-8(5)4-7(6)10;1-2-5-3(4)6;/h2-4H,1H2,(H2,11,12,13);2-4H,1,9-10H2;2H2,1H3,(H,4,6);/q;;;+1/p-1. The van der Waals surface area contributed by atoms with Gasteiger partial charge in [0.05, 0.1) is 40.4 Å². The molecule has 0 saturated heterocycles. The number of carbonyl (C=O) groups is 1. The maximum Gasteiger partial charge on any atom is 1.00 e. The van der Waals surface area contributed by atoms with Gasteiger partial charge in [0, 0.05) is 25.3 Å². The van der Waals surface area contributed by atoms with Crippen molar-refractivity contribution >= 4 is 76.4 Å². The Balaban J connectivity index is 0.000000174. The monoisotopic (exact) mass is 480 g/mol. The summed E-state index contributed by atoms with van der Waals surface area (Å²) in [5, 5.41) is -0.627. The number of nitrogens with two attached hydrogens (primary N) is 2. The summed E-state index contributed by atoms with van der Waals surface area (Å²) in [6, 6.07) is 7.83. The summed E-state index contributed by atoms with van der Waals surface area (Å²) in [6.07, 6.45) is 5.60. The molecular formula is C20H21KN6O2S2. The summed E-state index contributed by atoms with van der Waals surface area (Å²) in [7, 11) is 0. The molecule has 0 atom stereocenters. The summed E-state index contributed by atoms with van der Waals surface area (Å²) in [5.74, 6) is 0. The molecule has 0 amide bonds. The number of aliphatic imine (C=N–C) groups is 2. The van der Waals surface area contributed by atoms with Gasteiger partial charge in [-0.25, -0.2) is 0 Å². The van der Waals surface area contributed by atoms with Crippen molar-refractivity contribution in [2.75, 3.05) is 18.1 Å².